The lowest BCUT2D eigenvalue weighted by atomic mass is 10.0. The van der Waals surface area contributed by atoms with Crippen LogP contribution in [0.25, 0.3) is 0 Å². The number of carbonyl (C=O) groups excluding carboxylic acids is 1. The smallest absolute Gasteiger partial charge is 0.227 e. The van der Waals surface area contributed by atoms with Crippen LogP contribution in [0, 0.1) is 5.92 Å². The first-order valence-corrected chi connectivity index (χ1v) is 8.07. The number of nitrogens with one attached hydrogen (secondary N) is 2. The molecule has 2 aliphatic rings. The summed E-state index contributed by atoms with van der Waals surface area (Å²) in [6, 6.07) is 8.66. The molecule has 0 bridgehead atoms. The molecule has 1 saturated carbocycles. The fourth-order valence-electron chi connectivity index (χ4n) is 2.93. The Labute approximate surface area is 126 Å². The van der Waals surface area contributed by atoms with Gasteiger partial charge in [0, 0.05) is 29.9 Å². The van der Waals surface area contributed by atoms with Gasteiger partial charge in [0.05, 0.1) is 0 Å². The molecule has 114 valence electrons. The number of rotatable bonds is 5. The molecule has 0 spiro atoms. The van der Waals surface area contributed by atoms with Crippen molar-refractivity contribution >= 4 is 17.3 Å². The highest BCUT2D eigenvalue weighted by atomic mass is 16.2. The molecule has 2 fully saturated rings. The van der Waals surface area contributed by atoms with E-state index in [-0.39, 0.29) is 11.8 Å². The van der Waals surface area contributed by atoms with Gasteiger partial charge in [-0.1, -0.05) is 12.5 Å². The van der Waals surface area contributed by atoms with Crippen molar-refractivity contribution in [2.24, 2.45) is 5.92 Å². The standard InChI is InChI=1S/C17H25N3O/c1-20-10-3-2-7-16(20)12-18-14-5-4-6-15(11-14)19-17(21)13-8-9-13/h4-6,11,13,16,18H,2-3,7-10,12H2,1H3,(H,19,21). The van der Waals surface area contributed by atoms with Crippen LogP contribution in [0.4, 0.5) is 11.4 Å². The highest BCUT2D eigenvalue weighted by Crippen LogP contribution is 2.30. The minimum absolute atomic E-state index is 0.166. The molecular formula is C17H25N3O. The van der Waals surface area contributed by atoms with E-state index in [1.165, 1.54) is 25.8 Å². The van der Waals surface area contributed by atoms with Crippen molar-refractivity contribution in [3.8, 4) is 0 Å². The Balaban J connectivity index is 1.54. The number of hydrogen-bond donors (Lipinski definition) is 2. The maximum Gasteiger partial charge on any atom is 0.227 e. The van der Waals surface area contributed by atoms with Crippen molar-refractivity contribution in [3.05, 3.63) is 24.3 Å². The minimum Gasteiger partial charge on any atom is -0.383 e. The third-order valence-electron chi connectivity index (χ3n) is 4.54. The van der Waals surface area contributed by atoms with Crippen LogP contribution in [-0.2, 0) is 4.79 Å². The van der Waals surface area contributed by atoms with E-state index in [2.05, 4.69) is 28.6 Å². The second-order valence-electron chi connectivity index (χ2n) is 6.36. The molecule has 1 aromatic carbocycles. The molecule has 1 aromatic rings. The highest BCUT2D eigenvalue weighted by molar-refractivity contribution is 5.94. The van der Waals surface area contributed by atoms with Gasteiger partial charge in [-0.3, -0.25) is 4.79 Å². The zero-order valence-electron chi connectivity index (χ0n) is 12.8. The van der Waals surface area contributed by atoms with Crippen molar-refractivity contribution < 1.29 is 4.79 Å². The monoisotopic (exact) mass is 287 g/mol. The number of piperidine rings is 1. The predicted octanol–water partition coefficient (Wildman–Crippen LogP) is 2.93. The average molecular weight is 287 g/mol. The van der Waals surface area contributed by atoms with Crippen molar-refractivity contribution in [3.63, 3.8) is 0 Å². The zero-order valence-corrected chi connectivity index (χ0v) is 12.8. The minimum atomic E-state index is 0.166. The predicted molar refractivity (Wildman–Crippen MR) is 86.6 cm³/mol. The number of carbonyl (C=O) groups is 1. The van der Waals surface area contributed by atoms with Gasteiger partial charge in [0.15, 0.2) is 0 Å². The van der Waals surface area contributed by atoms with Crippen LogP contribution >= 0.6 is 0 Å². The van der Waals surface area contributed by atoms with Gasteiger partial charge in [0.2, 0.25) is 5.91 Å². The lowest BCUT2D eigenvalue weighted by Crippen LogP contribution is -2.40. The quantitative estimate of drug-likeness (QED) is 0.875. The Morgan fingerprint density at radius 2 is 2.05 bits per heavy atom. The summed E-state index contributed by atoms with van der Waals surface area (Å²) < 4.78 is 0. The number of anilines is 2. The Morgan fingerprint density at radius 1 is 1.24 bits per heavy atom. The molecule has 2 N–H and O–H groups in total. The molecule has 4 heteroatoms. The van der Waals surface area contributed by atoms with Gasteiger partial charge in [-0.25, -0.2) is 0 Å². The fraction of sp³-hybridized carbons (Fsp3) is 0.588. The van der Waals surface area contributed by atoms with Gasteiger partial charge in [-0.15, -0.1) is 0 Å². The van der Waals surface area contributed by atoms with E-state index in [4.69, 9.17) is 0 Å². The number of amides is 1. The summed E-state index contributed by atoms with van der Waals surface area (Å²) in [7, 11) is 2.21. The largest absolute Gasteiger partial charge is 0.383 e. The Bertz CT molecular complexity index is 499. The van der Waals surface area contributed by atoms with Crippen LogP contribution in [0.15, 0.2) is 24.3 Å². The molecule has 21 heavy (non-hydrogen) atoms. The highest BCUT2D eigenvalue weighted by Gasteiger charge is 2.29. The van der Waals surface area contributed by atoms with E-state index in [0.717, 1.165) is 30.8 Å². The van der Waals surface area contributed by atoms with Crippen LogP contribution in [0.5, 0.6) is 0 Å². The topological polar surface area (TPSA) is 44.4 Å². The van der Waals surface area contributed by atoms with Crippen molar-refractivity contribution in [2.75, 3.05) is 30.8 Å². The summed E-state index contributed by atoms with van der Waals surface area (Å²) in [5.41, 5.74) is 1.98. The van der Waals surface area contributed by atoms with E-state index >= 15 is 0 Å². The lowest BCUT2D eigenvalue weighted by Gasteiger charge is -2.32. The summed E-state index contributed by atoms with van der Waals surface area (Å²) in [4.78, 5) is 14.2. The number of likely N-dealkylation sites (N-methyl/N-ethyl adjacent to an activating group) is 1. The van der Waals surface area contributed by atoms with Crippen LogP contribution in [0.1, 0.15) is 32.1 Å². The molecule has 1 amide bonds. The van der Waals surface area contributed by atoms with Gasteiger partial charge >= 0.3 is 0 Å². The Hall–Kier alpha value is -1.55. The lowest BCUT2D eigenvalue weighted by molar-refractivity contribution is -0.117. The summed E-state index contributed by atoms with van der Waals surface area (Å²) in [5.74, 6) is 0.414. The third-order valence-corrected chi connectivity index (χ3v) is 4.54. The van der Waals surface area contributed by atoms with Crippen molar-refractivity contribution in [2.45, 2.75) is 38.1 Å². The van der Waals surface area contributed by atoms with E-state index in [1.807, 2.05) is 18.2 Å². The van der Waals surface area contributed by atoms with Gasteiger partial charge < -0.3 is 15.5 Å². The van der Waals surface area contributed by atoms with Gasteiger partial charge in [-0.05, 0) is 57.5 Å². The van der Waals surface area contributed by atoms with Gasteiger partial charge in [-0.2, -0.15) is 0 Å². The van der Waals surface area contributed by atoms with E-state index < -0.39 is 0 Å². The summed E-state index contributed by atoms with van der Waals surface area (Å²) in [6.45, 7) is 2.17. The molecule has 0 radical (unpaired) electrons. The Morgan fingerprint density at radius 3 is 2.81 bits per heavy atom. The molecule has 0 aromatic heterocycles. The fourth-order valence-corrected chi connectivity index (χ4v) is 2.93. The molecule has 4 nitrogen and oxygen atoms in total. The van der Waals surface area contributed by atoms with Crippen molar-refractivity contribution in [1.82, 2.24) is 4.90 Å². The van der Waals surface area contributed by atoms with Crippen LogP contribution in [0.3, 0.4) is 0 Å². The molecular weight excluding hydrogens is 262 g/mol. The molecule has 1 unspecified atom stereocenters. The summed E-state index contributed by atoms with van der Waals surface area (Å²) in [5, 5.41) is 6.51. The molecule has 1 atom stereocenters. The Kier molecular flexibility index (Phi) is 4.44. The second-order valence-corrected chi connectivity index (χ2v) is 6.36. The zero-order chi connectivity index (χ0) is 14.7. The number of likely N-dealkylation sites (tertiary alicyclic amines) is 1. The van der Waals surface area contributed by atoms with Gasteiger partial charge in [0.25, 0.3) is 0 Å². The van der Waals surface area contributed by atoms with Crippen LogP contribution in [-0.4, -0.2) is 37.0 Å². The number of nitrogens with zero attached hydrogens (tertiary/aromatic N) is 1. The number of hydrogen-bond acceptors (Lipinski definition) is 3. The SMILES string of the molecule is CN1CCCCC1CNc1cccc(NC(=O)C2CC2)c1. The summed E-state index contributed by atoms with van der Waals surface area (Å²) >= 11 is 0. The second kappa shape index (κ2) is 6.48. The maximum absolute atomic E-state index is 11.8. The molecule has 1 aliphatic heterocycles. The third kappa shape index (κ3) is 3.97. The maximum atomic E-state index is 11.8. The number of benzene rings is 1. The first kappa shape index (κ1) is 14.4. The molecule has 1 saturated heterocycles. The van der Waals surface area contributed by atoms with Crippen molar-refractivity contribution in [1.29, 1.82) is 0 Å². The van der Waals surface area contributed by atoms with E-state index in [9.17, 15) is 4.79 Å². The van der Waals surface area contributed by atoms with Crippen LogP contribution < -0.4 is 10.6 Å². The molecule has 1 heterocycles. The average Bonchev–Trinajstić information content (AvgIpc) is 3.31. The first-order valence-electron chi connectivity index (χ1n) is 8.07. The first-order chi connectivity index (χ1) is 10.2. The normalized spacial score (nSPS) is 22.8. The van der Waals surface area contributed by atoms with Crippen LogP contribution in [0.2, 0.25) is 0 Å². The van der Waals surface area contributed by atoms with E-state index in [1.54, 1.807) is 0 Å². The summed E-state index contributed by atoms with van der Waals surface area (Å²) in [6.07, 6.45) is 5.99. The van der Waals surface area contributed by atoms with E-state index in [0.29, 0.717) is 6.04 Å². The molecule has 1 aliphatic carbocycles. The van der Waals surface area contributed by atoms with Gasteiger partial charge in [0.1, 0.15) is 0 Å². The molecule has 3 rings (SSSR count).